The Labute approximate surface area is 151 Å². The number of hydrogen-bond acceptors (Lipinski definition) is 3. The number of fused-ring (bicyclic) bond motifs is 1. The van der Waals surface area contributed by atoms with Crippen LogP contribution in [0.4, 0.5) is 0 Å². The van der Waals surface area contributed by atoms with Gasteiger partial charge in [-0.2, -0.15) is 0 Å². The average molecular weight is 363 g/mol. The predicted molar refractivity (Wildman–Crippen MR) is 96.9 cm³/mol. The normalized spacial score (nSPS) is 25.5. The van der Waals surface area contributed by atoms with Crippen LogP contribution in [0.3, 0.4) is 0 Å². The van der Waals surface area contributed by atoms with Crippen molar-refractivity contribution in [3.8, 4) is 0 Å². The maximum Gasteiger partial charge on any atom is 0.253 e. The summed E-state index contributed by atoms with van der Waals surface area (Å²) in [5.41, 5.74) is 0.457. The molecule has 25 heavy (non-hydrogen) atoms. The highest BCUT2D eigenvalue weighted by molar-refractivity contribution is 6.20. The van der Waals surface area contributed by atoms with Crippen molar-refractivity contribution < 1.29 is 14.6 Å². The number of nitrogens with one attached hydrogen (secondary N) is 1. The highest BCUT2D eigenvalue weighted by Gasteiger charge is 2.34. The number of nitrogens with zero attached hydrogens (tertiary/aromatic N) is 1. The molecule has 2 unspecified atom stereocenters. The van der Waals surface area contributed by atoms with E-state index in [0.717, 1.165) is 43.0 Å². The van der Waals surface area contributed by atoms with Crippen molar-refractivity contribution in [3.63, 3.8) is 0 Å². The molecule has 2 heterocycles. The third-order valence-corrected chi connectivity index (χ3v) is 5.85. The van der Waals surface area contributed by atoms with Crippen molar-refractivity contribution in [2.75, 3.05) is 13.2 Å². The van der Waals surface area contributed by atoms with Crippen LogP contribution in [0.1, 0.15) is 48.5 Å². The SMILES string of the molecule is O=C(NCC1(O)CCCCC1)c1cn(C2COC2Cl)c2ccccc12. The van der Waals surface area contributed by atoms with Crippen LogP contribution in [0.25, 0.3) is 10.9 Å². The van der Waals surface area contributed by atoms with E-state index in [2.05, 4.69) is 5.32 Å². The molecule has 2 atom stereocenters. The Morgan fingerprint density at radius 2 is 2.08 bits per heavy atom. The summed E-state index contributed by atoms with van der Waals surface area (Å²) in [5, 5.41) is 14.4. The van der Waals surface area contributed by atoms with Crippen molar-refractivity contribution in [3.05, 3.63) is 36.0 Å². The predicted octanol–water partition coefficient (Wildman–Crippen LogP) is 3.20. The third kappa shape index (κ3) is 3.16. The fourth-order valence-electron chi connectivity index (χ4n) is 3.85. The van der Waals surface area contributed by atoms with Gasteiger partial charge in [0, 0.05) is 23.6 Å². The molecule has 1 amide bonds. The van der Waals surface area contributed by atoms with Gasteiger partial charge in [0.25, 0.3) is 5.91 Å². The van der Waals surface area contributed by atoms with Crippen molar-refractivity contribution in [2.45, 2.75) is 49.3 Å². The molecule has 1 aliphatic carbocycles. The van der Waals surface area contributed by atoms with Crippen LogP contribution in [0.15, 0.2) is 30.5 Å². The lowest BCUT2D eigenvalue weighted by Gasteiger charge is -2.33. The van der Waals surface area contributed by atoms with Gasteiger partial charge in [-0.3, -0.25) is 4.79 Å². The maximum atomic E-state index is 12.8. The van der Waals surface area contributed by atoms with Crippen LogP contribution in [-0.4, -0.2) is 39.9 Å². The van der Waals surface area contributed by atoms with E-state index >= 15 is 0 Å². The number of amides is 1. The summed E-state index contributed by atoms with van der Waals surface area (Å²) in [4.78, 5) is 12.8. The van der Waals surface area contributed by atoms with Crippen LogP contribution in [0.5, 0.6) is 0 Å². The number of carbonyl (C=O) groups excluding carboxylic acids is 1. The molecule has 1 aromatic carbocycles. The Balaban J connectivity index is 1.57. The summed E-state index contributed by atoms with van der Waals surface area (Å²) in [6.07, 6.45) is 6.56. The second-order valence-electron chi connectivity index (χ2n) is 7.19. The van der Waals surface area contributed by atoms with Crippen molar-refractivity contribution >= 4 is 28.4 Å². The Bertz CT molecular complexity index is 782. The van der Waals surface area contributed by atoms with Crippen LogP contribution in [0.2, 0.25) is 0 Å². The number of carbonyl (C=O) groups is 1. The van der Waals surface area contributed by atoms with Gasteiger partial charge in [-0.1, -0.05) is 49.1 Å². The van der Waals surface area contributed by atoms with E-state index in [4.69, 9.17) is 16.3 Å². The second kappa shape index (κ2) is 6.63. The Morgan fingerprint density at radius 1 is 1.32 bits per heavy atom. The second-order valence-corrected chi connectivity index (χ2v) is 7.62. The smallest absolute Gasteiger partial charge is 0.253 e. The summed E-state index contributed by atoms with van der Waals surface area (Å²) < 4.78 is 7.30. The highest BCUT2D eigenvalue weighted by atomic mass is 35.5. The average Bonchev–Trinajstić information content (AvgIpc) is 2.99. The first-order valence-corrected chi connectivity index (χ1v) is 9.37. The first-order chi connectivity index (χ1) is 12.1. The first kappa shape index (κ1) is 16.9. The number of halogens is 1. The Morgan fingerprint density at radius 3 is 2.76 bits per heavy atom. The number of hydrogen-bond donors (Lipinski definition) is 2. The molecule has 0 radical (unpaired) electrons. The van der Waals surface area contributed by atoms with Crippen LogP contribution >= 0.6 is 11.6 Å². The lowest BCUT2D eigenvalue weighted by Crippen LogP contribution is -2.44. The van der Waals surface area contributed by atoms with E-state index in [0.29, 0.717) is 18.7 Å². The molecule has 0 bridgehead atoms. The molecule has 1 aromatic heterocycles. The van der Waals surface area contributed by atoms with E-state index in [-0.39, 0.29) is 17.5 Å². The lowest BCUT2D eigenvalue weighted by atomic mass is 9.85. The minimum atomic E-state index is -0.769. The zero-order valence-corrected chi connectivity index (χ0v) is 14.8. The van der Waals surface area contributed by atoms with Crippen molar-refractivity contribution in [1.82, 2.24) is 9.88 Å². The molecule has 2 fully saturated rings. The Hall–Kier alpha value is -1.56. The van der Waals surface area contributed by atoms with Crippen molar-refractivity contribution in [2.24, 2.45) is 0 Å². The maximum absolute atomic E-state index is 12.8. The van der Waals surface area contributed by atoms with Crippen LogP contribution in [0, 0.1) is 0 Å². The molecule has 1 saturated carbocycles. The summed E-state index contributed by atoms with van der Waals surface area (Å²) >= 11 is 6.14. The fraction of sp³-hybridized carbons (Fsp3) is 0.526. The molecule has 2 N–H and O–H groups in total. The number of aromatic nitrogens is 1. The van der Waals surface area contributed by atoms with Gasteiger partial charge in [0.2, 0.25) is 0 Å². The summed E-state index contributed by atoms with van der Waals surface area (Å²) in [6, 6.07) is 7.85. The largest absolute Gasteiger partial charge is 0.388 e. The summed E-state index contributed by atoms with van der Waals surface area (Å²) in [5.74, 6) is -0.152. The van der Waals surface area contributed by atoms with E-state index < -0.39 is 5.60 Å². The highest BCUT2D eigenvalue weighted by Crippen LogP contribution is 2.34. The number of benzene rings is 1. The van der Waals surface area contributed by atoms with Gasteiger partial charge in [-0.25, -0.2) is 0 Å². The quantitative estimate of drug-likeness (QED) is 0.821. The summed E-state index contributed by atoms with van der Waals surface area (Å²) in [6.45, 7) is 0.851. The molecule has 1 saturated heterocycles. The third-order valence-electron chi connectivity index (χ3n) is 5.43. The summed E-state index contributed by atoms with van der Waals surface area (Å²) in [7, 11) is 0. The molecular formula is C19H23ClN2O3. The van der Waals surface area contributed by atoms with E-state index in [1.54, 1.807) is 0 Å². The van der Waals surface area contributed by atoms with E-state index in [1.165, 1.54) is 0 Å². The molecule has 2 aromatic rings. The lowest BCUT2D eigenvalue weighted by molar-refractivity contribution is -0.0523. The van der Waals surface area contributed by atoms with Gasteiger partial charge >= 0.3 is 0 Å². The minimum absolute atomic E-state index is 0.0376. The van der Waals surface area contributed by atoms with Crippen molar-refractivity contribution in [1.29, 1.82) is 0 Å². The van der Waals surface area contributed by atoms with Gasteiger partial charge in [0.15, 0.2) is 5.56 Å². The number of rotatable bonds is 4. The fourth-order valence-corrected chi connectivity index (χ4v) is 4.12. The Kier molecular flexibility index (Phi) is 4.48. The van der Waals surface area contributed by atoms with Gasteiger partial charge in [-0.15, -0.1) is 0 Å². The van der Waals surface area contributed by atoms with Gasteiger partial charge in [0.1, 0.15) is 0 Å². The molecule has 1 aliphatic heterocycles. The molecule has 134 valence electrons. The molecule has 4 rings (SSSR count). The first-order valence-electron chi connectivity index (χ1n) is 8.93. The minimum Gasteiger partial charge on any atom is -0.388 e. The molecule has 5 nitrogen and oxygen atoms in total. The number of para-hydroxylation sites is 1. The molecular weight excluding hydrogens is 340 g/mol. The van der Waals surface area contributed by atoms with Crippen LogP contribution < -0.4 is 5.32 Å². The number of aliphatic hydroxyl groups is 1. The molecule has 2 aliphatic rings. The van der Waals surface area contributed by atoms with Gasteiger partial charge in [0.05, 0.1) is 23.8 Å². The number of alkyl halides is 1. The van der Waals surface area contributed by atoms with Crippen LogP contribution in [-0.2, 0) is 4.74 Å². The molecule has 6 heteroatoms. The van der Waals surface area contributed by atoms with Gasteiger partial charge in [-0.05, 0) is 18.9 Å². The zero-order valence-electron chi connectivity index (χ0n) is 14.1. The molecule has 0 spiro atoms. The van der Waals surface area contributed by atoms with E-state index in [1.807, 2.05) is 35.0 Å². The number of ether oxygens (including phenoxy) is 1. The van der Waals surface area contributed by atoms with Gasteiger partial charge < -0.3 is 19.7 Å². The topological polar surface area (TPSA) is 63.5 Å². The monoisotopic (exact) mass is 362 g/mol. The zero-order chi connectivity index (χ0) is 17.4. The standard InChI is InChI=1S/C19H23ClN2O3/c20-17-16(11-25-17)22-10-14(13-6-2-3-7-15(13)22)18(23)21-12-19(24)8-4-1-5-9-19/h2-3,6-7,10,16-17,24H,1,4-5,8-9,11-12H2,(H,21,23). The van der Waals surface area contributed by atoms with E-state index in [9.17, 15) is 9.90 Å².